The van der Waals surface area contributed by atoms with E-state index in [1.165, 1.54) is 4.90 Å². The van der Waals surface area contributed by atoms with Crippen molar-refractivity contribution in [1.29, 1.82) is 0 Å². The Bertz CT molecular complexity index is 528. The fourth-order valence-corrected chi connectivity index (χ4v) is 2.60. The van der Waals surface area contributed by atoms with Gasteiger partial charge >= 0.3 is 0 Å². The van der Waals surface area contributed by atoms with Crippen LogP contribution in [-0.4, -0.2) is 53.8 Å². The van der Waals surface area contributed by atoms with E-state index in [0.717, 1.165) is 25.9 Å². The number of hydrogen-bond donors (Lipinski definition) is 0. The SMILES string of the molecule is CCC(=O)N1CCC(c2nc(C(=O)N(C)C)c(C)o2)CC1. The molecule has 1 aliphatic heterocycles. The zero-order valence-corrected chi connectivity index (χ0v) is 13.2. The first kappa shape index (κ1) is 15.5. The van der Waals surface area contributed by atoms with Crippen molar-refractivity contribution < 1.29 is 14.0 Å². The molecule has 2 heterocycles. The highest BCUT2D eigenvalue weighted by atomic mass is 16.4. The lowest BCUT2D eigenvalue weighted by Crippen LogP contribution is -2.37. The third kappa shape index (κ3) is 3.25. The lowest BCUT2D eigenvalue weighted by atomic mass is 9.96. The number of amides is 2. The Labute approximate surface area is 125 Å². The maximum absolute atomic E-state index is 12.0. The van der Waals surface area contributed by atoms with Crippen LogP contribution in [0.4, 0.5) is 0 Å². The van der Waals surface area contributed by atoms with Gasteiger partial charge in [0, 0.05) is 39.5 Å². The third-order valence-electron chi connectivity index (χ3n) is 3.92. The first-order valence-corrected chi connectivity index (χ1v) is 7.40. The standard InChI is InChI=1S/C15H23N3O3/c1-5-12(19)18-8-6-11(7-9-18)14-16-13(10(2)21-14)15(20)17(3)4/h11H,5-9H2,1-4H3. The second-order valence-corrected chi connectivity index (χ2v) is 5.67. The van der Waals surface area contributed by atoms with Gasteiger partial charge in [-0.1, -0.05) is 6.92 Å². The first-order valence-electron chi connectivity index (χ1n) is 7.40. The van der Waals surface area contributed by atoms with Gasteiger partial charge in [-0.15, -0.1) is 0 Å². The molecule has 0 radical (unpaired) electrons. The summed E-state index contributed by atoms with van der Waals surface area (Å²) in [5.74, 6) is 1.44. The number of aryl methyl sites for hydroxylation is 1. The summed E-state index contributed by atoms with van der Waals surface area (Å²) in [5, 5.41) is 0. The lowest BCUT2D eigenvalue weighted by Gasteiger charge is -2.30. The van der Waals surface area contributed by atoms with Gasteiger partial charge in [0.25, 0.3) is 5.91 Å². The molecule has 0 atom stereocenters. The first-order chi connectivity index (χ1) is 9.93. The van der Waals surface area contributed by atoms with E-state index < -0.39 is 0 Å². The Balaban J connectivity index is 2.06. The molecule has 0 aliphatic carbocycles. The number of hydrogen-bond acceptors (Lipinski definition) is 4. The number of likely N-dealkylation sites (tertiary alicyclic amines) is 1. The summed E-state index contributed by atoms with van der Waals surface area (Å²) in [7, 11) is 3.40. The van der Waals surface area contributed by atoms with Crippen molar-refractivity contribution in [1.82, 2.24) is 14.8 Å². The predicted octanol–water partition coefficient (Wildman–Crippen LogP) is 1.80. The number of nitrogens with zero attached hydrogens (tertiary/aromatic N) is 3. The molecule has 0 N–H and O–H groups in total. The Morgan fingerprint density at radius 2 is 1.95 bits per heavy atom. The minimum atomic E-state index is -0.138. The van der Waals surface area contributed by atoms with Crippen LogP contribution in [-0.2, 0) is 4.79 Å². The Morgan fingerprint density at radius 1 is 1.33 bits per heavy atom. The van der Waals surface area contributed by atoms with Crippen LogP contribution in [0.5, 0.6) is 0 Å². The molecule has 1 aliphatic rings. The Kier molecular flexibility index (Phi) is 4.65. The maximum Gasteiger partial charge on any atom is 0.275 e. The van der Waals surface area contributed by atoms with Crippen molar-refractivity contribution in [3.63, 3.8) is 0 Å². The van der Waals surface area contributed by atoms with Gasteiger partial charge < -0.3 is 14.2 Å². The zero-order chi connectivity index (χ0) is 15.6. The fourth-order valence-electron chi connectivity index (χ4n) is 2.60. The summed E-state index contributed by atoms with van der Waals surface area (Å²) in [4.78, 5) is 31.4. The van der Waals surface area contributed by atoms with Crippen LogP contribution in [0, 0.1) is 6.92 Å². The molecular weight excluding hydrogens is 270 g/mol. The summed E-state index contributed by atoms with van der Waals surface area (Å²) >= 11 is 0. The molecule has 0 spiro atoms. The molecule has 2 rings (SSSR count). The van der Waals surface area contributed by atoms with Crippen molar-refractivity contribution in [2.75, 3.05) is 27.2 Å². The number of oxazole rings is 1. The van der Waals surface area contributed by atoms with Gasteiger partial charge in [0.1, 0.15) is 5.76 Å². The van der Waals surface area contributed by atoms with Crippen LogP contribution < -0.4 is 0 Å². The van der Waals surface area contributed by atoms with E-state index in [9.17, 15) is 9.59 Å². The molecular formula is C15H23N3O3. The van der Waals surface area contributed by atoms with Gasteiger partial charge in [-0.2, -0.15) is 0 Å². The topological polar surface area (TPSA) is 66.7 Å². The Hall–Kier alpha value is -1.85. The molecule has 1 saturated heterocycles. The van der Waals surface area contributed by atoms with E-state index in [1.807, 2.05) is 11.8 Å². The molecule has 6 nitrogen and oxygen atoms in total. The molecule has 0 bridgehead atoms. The summed E-state index contributed by atoms with van der Waals surface area (Å²) in [6.45, 7) is 5.11. The van der Waals surface area contributed by atoms with Crippen molar-refractivity contribution >= 4 is 11.8 Å². The summed E-state index contributed by atoms with van der Waals surface area (Å²) in [6.07, 6.45) is 2.22. The summed E-state index contributed by atoms with van der Waals surface area (Å²) < 4.78 is 5.69. The minimum absolute atomic E-state index is 0.138. The van der Waals surface area contributed by atoms with Crippen LogP contribution in [0.3, 0.4) is 0 Å². The van der Waals surface area contributed by atoms with Gasteiger partial charge in [0.2, 0.25) is 5.91 Å². The van der Waals surface area contributed by atoms with Crippen LogP contribution in [0.1, 0.15) is 54.2 Å². The van der Waals surface area contributed by atoms with Crippen molar-refractivity contribution in [3.05, 3.63) is 17.3 Å². The Morgan fingerprint density at radius 3 is 2.48 bits per heavy atom. The molecule has 1 aromatic rings. The van der Waals surface area contributed by atoms with E-state index >= 15 is 0 Å². The molecule has 1 fully saturated rings. The van der Waals surface area contributed by atoms with Gasteiger partial charge in [0.15, 0.2) is 11.6 Å². The van der Waals surface area contributed by atoms with E-state index in [-0.39, 0.29) is 17.7 Å². The van der Waals surface area contributed by atoms with Crippen molar-refractivity contribution in [2.45, 2.75) is 39.0 Å². The van der Waals surface area contributed by atoms with E-state index in [0.29, 0.717) is 23.8 Å². The molecule has 0 unspecified atom stereocenters. The molecule has 2 amide bonds. The van der Waals surface area contributed by atoms with Crippen LogP contribution in [0.2, 0.25) is 0 Å². The highest BCUT2D eigenvalue weighted by Gasteiger charge is 2.28. The van der Waals surface area contributed by atoms with Crippen LogP contribution in [0.25, 0.3) is 0 Å². The normalized spacial score (nSPS) is 16.1. The van der Waals surface area contributed by atoms with E-state index in [1.54, 1.807) is 21.0 Å². The molecule has 0 aromatic carbocycles. The zero-order valence-electron chi connectivity index (χ0n) is 13.2. The average molecular weight is 293 g/mol. The molecule has 21 heavy (non-hydrogen) atoms. The van der Waals surface area contributed by atoms with Crippen LogP contribution >= 0.6 is 0 Å². The second-order valence-electron chi connectivity index (χ2n) is 5.67. The molecule has 116 valence electrons. The van der Waals surface area contributed by atoms with Gasteiger partial charge in [-0.05, 0) is 19.8 Å². The monoisotopic (exact) mass is 293 g/mol. The van der Waals surface area contributed by atoms with Crippen molar-refractivity contribution in [2.24, 2.45) is 0 Å². The molecule has 0 saturated carbocycles. The minimum Gasteiger partial charge on any atom is -0.445 e. The fraction of sp³-hybridized carbons (Fsp3) is 0.667. The maximum atomic E-state index is 12.0. The number of carbonyl (C=O) groups excluding carboxylic acids is 2. The quantitative estimate of drug-likeness (QED) is 0.852. The summed E-state index contributed by atoms with van der Waals surface area (Å²) in [5.41, 5.74) is 0.391. The van der Waals surface area contributed by atoms with Gasteiger partial charge in [0.05, 0.1) is 0 Å². The number of carbonyl (C=O) groups is 2. The highest BCUT2D eigenvalue weighted by Crippen LogP contribution is 2.29. The summed E-state index contributed by atoms with van der Waals surface area (Å²) in [6, 6.07) is 0. The molecule has 6 heteroatoms. The van der Waals surface area contributed by atoms with Gasteiger partial charge in [-0.3, -0.25) is 9.59 Å². The highest BCUT2D eigenvalue weighted by molar-refractivity contribution is 5.92. The third-order valence-corrected chi connectivity index (χ3v) is 3.92. The number of aromatic nitrogens is 1. The number of rotatable bonds is 3. The smallest absolute Gasteiger partial charge is 0.275 e. The van der Waals surface area contributed by atoms with Crippen molar-refractivity contribution in [3.8, 4) is 0 Å². The lowest BCUT2D eigenvalue weighted by molar-refractivity contribution is -0.131. The van der Waals surface area contributed by atoms with Crippen LogP contribution in [0.15, 0.2) is 4.42 Å². The second kappa shape index (κ2) is 6.28. The van der Waals surface area contributed by atoms with Gasteiger partial charge in [-0.25, -0.2) is 4.98 Å². The average Bonchev–Trinajstić information content (AvgIpc) is 2.87. The van der Waals surface area contributed by atoms with E-state index in [2.05, 4.69) is 4.98 Å². The predicted molar refractivity (Wildman–Crippen MR) is 78.1 cm³/mol. The van der Waals surface area contributed by atoms with E-state index in [4.69, 9.17) is 4.42 Å². The molecule has 1 aromatic heterocycles. The number of piperidine rings is 1. The largest absolute Gasteiger partial charge is 0.445 e.